The lowest BCUT2D eigenvalue weighted by molar-refractivity contribution is -0.136. The van der Waals surface area contributed by atoms with E-state index in [0.29, 0.717) is 5.69 Å². The van der Waals surface area contributed by atoms with Crippen LogP contribution < -0.4 is 10.6 Å². The summed E-state index contributed by atoms with van der Waals surface area (Å²) in [4.78, 5) is 4.02. The van der Waals surface area contributed by atoms with Crippen molar-refractivity contribution in [3.05, 3.63) is 65.1 Å². The first-order valence-electron chi connectivity index (χ1n) is 7.17. The molecule has 0 amide bonds. The molecular weight excluding hydrogens is 374 g/mol. The minimum Gasteiger partial charge on any atom is -0.339 e. The molecule has 0 aliphatic heterocycles. The number of halogens is 5. The summed E-state index contributed by atoms with van der Waals surface area (Å²) < 4.78 is 52.6. The zero-order valence-electron chi connectivity index (χ0n) is 12.9. The molecule has 0 fully saturated rings. The molecule has 0 spiro atoms. The number of rotatable bonds is 4. The van der Waals surface area contributed by atoms with Crippen molar-refractivity contribution in [2.24, 2.45) is 0 Å². The highest BCUT2D eigenvalue weighted by Gasteiger charge is 2.34. The number of nitrogens with zero attached hydrogens (tertiary/aromatic N) is 3. The topological polar surface area (TPSA) is 62.7 Å². The van der Waals surface area contributed by atoms with Gasteiger partial charge in [-0.3, -0.25) is 0 Å². The molecule has 5 nitrogen and oxygen atoms in total. The zero-order valence-corrected chi connectivity index (χ0v) is 13.6. The smallest absolute Gasteiger partial charge is 0.339 e. The summed E-state index contributed by atoms with van der Waals surface area (Å²) in [5, 5.41) is 12.5. The molecule has 1 aromatic heterocycles. The summed E-state index contributed by atoms with van der Waals surface area (Å²) in [6.07, 6.45) is -3.36. The fourth-order valence-electron chi connectivity index (χ4n) is 2.11. The molecule has 134 valence electrons. The molecule has 3 aromatic rings. The Morgan fingerprint density at radius 1 is 1.00 bits per heavy atom. The molecule has 3 rings (SSSR count). The van der Waals surface area contributed by atoms with E-state index in [0.717, 1.165) is 6.07 Å². The highest BCUT2D eigenvalue weighted by Crippen LogP contribution is 2.37. The molecule has 0 aliphatic carbocycles. The highest BCUT2D eigenvalue weighted by atomic mass is 35.5. The molecule has 0 saturated carbocycles. The molecule has 2 N–H and O–H groups in total. The molecule has 0 saturated heterocycles. The van der Waals surface area contributed by atoms with Crippen LogP contribution in [0.2, 0.25) is 5.02 Å². The van der Waals surface area contributed by atoms with E-state index in [4.69, 9.17) is 11.6 Å². The van der Waals surface area contributed by atoms with Gasteiger partial charge in [0.05, 0.1) is 17.4 Å². The molecule has 2 aromatic carbocycles. The molecule has 0 radical (unpaired) electrons. The van der Waals surface area contributed by atoms with E-state index >= 15 is 0 Å². The van der Waals surface area contributed by atoms with Crippen LogP contribution in [0.4, 0.5) is 40.7 Å². The first kappa shape index (κ1) is 17.9. The van der Waals surface area contributed by atoms with Crippen LogP contribution in [0.5, 0.6) is 0 Å². The van der Waals surface area contributed by atoms with Crippen LogP contribution in [0.3, 0.4) is 0 Å². The van der Waals surface area contributed by atoms with Gasteiger partial charge in [0.25, 0.3) is 0 Å². The van der Waals surface area contributed by atoms with E-state index in [1.165, 1.54) is 36.5 Å². The van der Waals surface area contributed by atoms with E-state index < -0.39 is 17.6 Å². The number of benzene rings is 2. The SMILES string of the molecule is Fc1cccc(Nc2cnnc(Nc3ccc(Cl)cc3C(F)(F)F)n2)c1. The standard InChI is InChI=1S/C16H10ClF4N5/c17-9-4-5-13(12(6-9)16(19,20)21)24-15-25-14(8-22-26-15)23-11-3-1-2-10(18)7-11/h1-8H,(H2,23,24,25,26). The lowest BCUT2D eigenvalue weighted by Crippen LogP contribution is -2.10. The van der Waals surface area contributed by atoms with Gasteiger partial charge in [0.15, 0.2) is 5.82 Å². The normalized spacial score (nSPS) is 11.3. The Balaban J connectivity index is 1.86. The zero-order chi connectivity index (χ0) is 18.7. The molecule has 26 heavy (non-hydrogen) atoms. The Morgan fingerprint density at radius 3 is 2.54 bits per heavy atom. The minimum absolute atomic E-state index is 0.0524. The Bertz CT molecular complexity index is 933. The molecule has 0 atom stereocenters. The van der Waals surface area contributed by atoms with Gasteiger partial charge in [0, 0.05) is 10.7 Å². The van der Waals surface area contributed by atoms with Crippen molar-refractivity contribution >= 4 is 34.7 Å². The maximum absolute atomic E-state index is 13.2. The number of hydrogen-bond acceptors (Lipinski definition) is 5. The number of nitrogens with one attached hydrogen (secondary N) is 2. The van der Waals surface area contributed by atoms with Gasteiger partial charge in [-0.25, -0.2) is 4.39 Å². The summed E-state index contributed by atoms with van der Waals surface area (Å²) in [5.41, 5.74) is -0.831. The average Bonchev–Trinajstić information content (AvgIpc) is 2.56. The van der Waals surface area contributed by atoms with Crippen molar-refractivity contribution in [2.75, 3.05) is 10.6 Å². The van der Waals surface area contributed by atoms with Gasteiger partial charge in [-0.15, -0.1) is 5.10 Å². The van der Waals surface area contributed by atoms with Crippen LogP contribution in [-0.4, -0.2) is 15.2 Å². The largest absolute Gasteiger partial charge is 0.418 e. The van der Waals surface area contributed by atoms with Crippen LogP contribution >= 0.6 is 11.6 Å². The van der Waals surface area contributed by atoms with Crippen molar-refractivity contribution in [1.82, 2.24) is 15.2 Å². The second kappa shape index (κ2) is 7.12. The third-order valence-electron chi connectivity index (χ3n) is 3.19. The monoisotopic (exact) mass is 383 g/mol. The van der Waals surface area contributed by atoms with Crippen LogP contribution in [0.1, 0.15) is 5.56 Å². The average molecular weight is 384 g/mol. The fraction of sp³-hybridized carbons (Fsp3) is 0.0625. The van der Waals surface area contributed by atoms with Crippen molar-refractivity contribution in [3.8, 4) is 0 Å². The van der Waals surface area contributed by atoms with Gasteiger partial charge in [-0.2, -0.15) is 23.3 Å². The predicted molar refractivity (Wildman–Crippen MR) is 89.2 cm³/mol. The van der Waals surface area contributed by atoms with Crippen molar-refractivity contribution in [3.63, 3.8) is 0 Å². The van der Waals surface area contributed by atoms with Crippen molar-refractivity contribution in [2.45, 2.75) is 6.18 Å². The van der Waals surface area contributed by atoms with Gasteiger partial charge in [-0.05, 0) is 36.4 Å². The summed E-state index contributed by atoms with van der Waals surface area (Å²) in [5.74, 6) is -0.443. The summed E-state index contributed by atoms with van der Waals surface area (Å²) in [6, 6.07) is 8.87. The summed E-state index contributed by atoms with van der Waals surface area (Å²) in [7, 11) is 0. The summed E-state index contributed by atoms with van der Waals surface area (Å²) >= 11 is 5.64. The second-order valence-electron chi connectivity index (χ2n) is 5.11. The van der Waals surface area contributed by atoms with E-state index in [1.807, 2.05) is 0 Å². The fourth-order valence-corrected chi connectivity index (χ4v) is 2.28. The van der Waals surface area contributed by atoms with Crippen LogP contribution in [0.15, 0.2) is 48.7 Å². The molecule has 1 heterocycles. The van der Waals surface area contributed by atoms with E-state index in [-0.39, 0.29) is 22.5 Å². The molecule has 0 unspecified atom stereocenters. The van der Waals surface area contributed by atoms with Gasteiger partial charge in [0.1, 0.15) is 5.82 Å². The molecule has 0 aliphatic rings. The third-order valence-corrected chi connectivity index (χ3v) is 3.42. The number of hydrogen-bond donors (Lipinski definition) is 2. The van der Waals surface area contributed by atoms with Gasteiger partial charge < -0.3 is 10.6 Å². The maximum Gasteiger partial charge on any atom is 0.418 e. The number of alkyl halides is 3. The molecular formula is C16H10ClF4N5. The van der Waals surface area contributed by atoms with Crippen molar-refractivity contribution < 1.29 is 17.6 Å². The van der Waals surface area contributed by atoms with E-state index in [2.05, 4.69) is 25.8 Å². The minimum atomic E-state index is -4.61. The molecule has 10 heteroatoms. The van der Waals surface area contributed by atoms with Gasteiger partial charge >= 0.3 is 6.18 Å². The maximum atomic E-state index is 13.2. The second-order valence-corrected chi connectivity index (χ2v) is 5.55. The van der Waals surface area contributed by atoms with Crippen LogP contribution in [0, 0.1) is 5.82 Å². The third kappa shape index (κ3) is 4.37. The lowest BCUT2D eigenvalue weighted by Gasteiger charge is -2.14. The van der Waals surface area contributed by atoms with Crippen molar-refractivity contribution in [1.29, 1.82) is 0 Å². The number of aromatic nitrogens is 3. The molecule has 0 bridgehead atoms. The summed E-state index contributed by atoms with van der Waals surface area (Å²) in [6.45, 7) is 0. The Labute approximate surface area is 150 Å². The Hall–Kier alpha value is -2.94. The van der Waals surface area contributed by atoms with Gasteiger partial charge in [-0.1, -0.05) is 17.7 Å². The highest BCUT2D eigenvalue weighted by molar-refractivity contribution is 6.30. The first-order chi connectivity index (χ1) is 12.3. The van der Waals surface area contributed by atoms with Gasteiger partial charge in [0.2, 0.25) is 5.95 Å². The quantitative estimate of drug-likeness (QED) is 0.608. The van der Waals surface area contributed by atoms with E-state index in [9.17, 15) is 17.6 Å². The van der Waals surface area contributed by atoms with Crippen LogP contribution in [0.25, 0.3) is 0 Å². The Morgan fingerprint density at radius 2 is 1.81 bits per heavy atom. The lowest BCUT2D eigenvalue weighted by atomic mass is 10.1. The van der Waals surface area contributed by atoms with E-state index in [1.54, 1.807) is 6.07 Å². The number of anilines is 4. The first-order valence-corrected chi connectivity index (χ1v) is 7.55. The predicted octanol–water partition coefficient (Wildman–Crippen LogP) is 5.17. The Kier molecular flexibility index (Phi) is 4.90. The van der Waals surface area contributed by atoms with Crippen LogP contribution in [-0.2, 0) is 6.18 Å².